The predicted molar refractivity (Wildman–Crippen MR) is 91.6 cm³/mol. The second kappa shape index (κ2) is 8.17. The van der Waals surface area contributed by atoms with Crippen LogP contribution < -0.4 is 0 Å². The third-order valence-corrected chi connectivity index (χ3v) is 6.01. The molecule has 0 heterocycles. The summed E-state index contributed by atoms with van der Waals surface area (Å²) in [6, 6.07) is 0. The van der Waals surface area contributed by atoms with Gasteiger partial charge < -0.3 is 4.74 Å². The zero-order valence-corrected chi connectivity index (χ0v) is 14.7. The minimum absolute atomic E-state index is 0.163. The average Bonchev–Trinajstić information content (AvgIpc) is 2.85. The number of carbonyl (C=O) groups is 1. The monoisotopic (exact) mass is 306 g/mol. The molecule has 2 aliphatic rings. The first-order valence-electron chi connectivity index (χ1n) is 9.35. The largest absolute Gasteiger partial charge is 0.462 e. The molecule has 126 valence electrons. The summed E-state index contributed by atoms with van der Waals surface area (Å²) in [5, 5.41) is 0. The normalized spacial score (nSPS) is 31.1. The second-order valence-corrected chi connectivity index (χ2v) is 7.97. The van der Waals surface area contributed by atoms with Gasteiger partial charge in [-0.05, 0) is 31.6 Å². The molecule has 2 rings (SSSR count). The van der Waals surface area contributed by atoms with Crippen molar-refractivity contribution in [3.8, 4) is 0 Å². The van der Waals surface area contributed by atoms with Gasteiger partial charge in [0.2, 0.25) is 0 Å². The zero-order chi connectivity index (χ0) is 16.0. The highest BCUT2D eigenvalue weighted by molar-refractivity contribution is 5.86. The number of ether oxygens (including phenoxy) is 1. The van der Waals surface area contributed by atoms with E-state index in [0.29, 0.717) is 12.2 Å². The quantitative estimate of drug-likeness (QED) is 0.380. The minimum Gasteiger partial charge on any atom is -0.462 e. The first-order valence-corrected chi connectivity index (χ1v) is 9.35. The van der Waals surface area contributed by atoms with Crippen molar-refractivity contribution in [2.24, 2.45) is 17.3 Å². The third kappa shape index (κ3) is 4.60. The molecule has 2 atom stereocenters. The Labute approximate surface area is 136 Å². The van der Waals surface area contributed by atoms with Crippen LogP contribution in [-0.4, -0.2) is 12.6 Å². The van der Waals surface area contributed by atoms with Gasteiger partial charge in [0.05, 0.1) is 6.61 Å². The van der Waals surface area contributed by atoms with Crippen LogP contribution in [0.15, 0.2) is 12.2 Å². The fraction of sp³-hybridized carbons (Fsp3) is 0.850. The van der Waals surface area contributed by atoms with Crippen molar-refractivity contribution in [1.82, 2.24) is 0 Å². The topological polar surface area (TPSA) is 26.3 Å². The number of rotatable bonds is 4. The Morgan fingerprint density at radius 2 is 1.64 bits per heavy atom. The van der Waals surface area contributed by atoms with Crippen molar-refractivity contribution in [3.63, 3.8) is 0 Å². The minimum atomic E-state index is -0.218. The first kappa shape index (κ1) is 17.6. The number of hydrogen-bond donors (Lipinski definition) is 0. The molecule has 0 bridgehead atoms. The van der Waals surface area contributed by atoms with E-state index in [4.69, 9.17) is 4.74 Å². The zero-order valence-electron chi connectivity index (χ0n) is 14.7. The Morgan fingerprint density at radius 3 is 2.27 bits per heavy atom. The van der Waals surface area contributed by atoms with E-state index >= 15 is 0 Å². The summed E-state index contributed by atoms with van der Waals surface area (Å²) >= 11 is 0. The SMILES string of the molecule is C=C(C)C(=O)OCC1(C)CCCCCC1C1CCCCCC1. The van der Waals surface area contributed by atoms with Crippen LogP contribution in [0.3, 0.4) is 0 Å². The fourth-order valence-corrected chi connectivity index (χ4v) is 4.65. The van der Waals surface area contributed by atoms with Gasteiger partial charge in [-0.2, -0.15) is 0 Å². The lowest BCUT2D eigenvalue weighted by atomic mass is 9.66. The summed E-state index contributed by atoms with van der Waals surface area (Å²) in [5.41, 5.74) is 0.680. The van der Waals surface area contributed by atoms with Crippen molar-refractivity contribution in [2.45, 2.75) is 84.5 Å². The first-order chi connectivity index (χ1) is 10.5. The molecule has 2 fully saturated rings. The van der Waals surface area contributed by atoms with E-state index in [9.17, 15) is 4.79 Å². The molecule has 22 heavy (non-hydrogen) atoms. The van der Waals surface area contributed by atoms with E-state index in [1.165, 1.54) is 70.6 Å². The van der Waals surface area contributed by atoms with E-state index in [0.717, 1.165) is 11.8 Å². The van der Waals surface area contributed by atoms with E-state index in [2.05, 4.69) is 13.5 Å². The van der Waals surface area contributed by atoms with Gasteiger partial charge in [-0.1, -0.05) is 71.3 Å². The molecule has 0 aromatic carbocycles. The summed E-state index contributed by atoms with van der Waals surface area (Å²) < 4.78 is 5.62. The number of carbonyl (C=O) groups excluding carboxylic acids is 1. The Balaban J connectivity index is 2.07. The van der Waals surface area contributed by atoms with Crippen molar-refractivity contribution in [3.05, 3.63) is 12.2 Å². The number of hydrogen-bond acceptors (Lipinski definition) is 2. The van der Waals surface area contributed by atoms with Gasteiger partial charge in [0.1, 0.15) is 0 Å². The van der Waals surface area contributed by atoms with Crippen LogP contribution in [0, 0.1) is 17.3 Å². The van der Waals surface area contributed by atoms with Crippen LogP contribution in [0.25, 0.3) is 0 Å². The molecule has 2 nitrogen and oxygen atoms in total. The van der Waals surface area contributed by atoms with Crippen LogP contribution in [-0.2, 0) is 9.53 Å². The molecular formula is C20H34O2. The highest BCUT2D eigenvalue weighted by atomic mass is 16.5. The molecule has 0 aliphatic heterocycles. The molecule has 0 spiro atoms. The average molecular weight is 306 g/mol. The molecule has 2 saturated carbocycles. The summed E-state index contributed by atoms with van der Waals surface area (Å²) in [5.74, 6) is 1.35. The highest BCUT2D eigenvalue weighted by Gasteiger charge is 2.40. The highest BCUT2D eigenvalue weighted by Crippen LogP contribution is 2.47. The third-order valence-electron chi connectivity index (χ3n) is 6.01. The molecule has 0 radical (unpaired) electrons. The molecule has 2 unspecified atom stereocenters. The molecule has 2 aliphatic carbocycles. The predicted octanol–water partition coefficient (Wildman–Crippen LogP) is 5.66. The molecule has 0 amide bonds. The second-order valence-electron chi connectivity index (χ2n) is 7.97. The molecule has 0 saturated heterocycles. The van der Waals surface area contributed by atoms with Crippen LogP contribution in [0.2, 0.25) is 0 Å². The van der Waals surface area contributed by atoms with Crippen LogP contribution in [0.5, 0.6) is 0 Å². The van der Waals surface area contributed by atoms with Gasteiger partial charge in [-0.3, -0.25) is 0 Å². The van der Waals surface area contributed by atoms with E-state index < -0.39 is 0 Å². The van der Waals surface area contributed by atoms with Gasteiger partial charge in [-0.15, -0.1) is 0 Å². The maximum Gasteiger partial charge on any atom is 0.333 e. The fourth-order valence-electron chi connectivity index (χ4n) is 4.65. The van der Waals surface area contributed by atoms with E-state index in [1.807, 2.05) is 0 Å². The molecule has 0 aromatic rings. The lowest BCUT2D eigenvalue weighted by molar-refractivity contribution is -0.144. The van der Waals surface area contributed by atoms with Crippen molar-refractivity contribution in [2.75, 3.05) is 6.61 Å². The number of esters is 1. The molecular weight excluding hydrogens is 272 g/mol. The maximum absolute atomic E-state index is 11.8. The van der Waals surface area contributed by atoms with Crippen LogP contribution in [0.1, 0.15) is 84.5 Å². The van der Waals surface area contributed by atoms with Gasteiger partial charge >= 0.3 is 5.97 Å². The Kier molecular flexibility index (Phi) is 6.52. The summed E-state index contributed by atoms with van der Waals surface area (Å²) in [4.78, 5) is 11.8. The lowest BCUT2D eigenvalue weighted by Gasteiger charge is -2.41. The van der Waals surface area contributed by atoms with Crippen molar-refractivity contribution in [1.29, 1.82) is 0 Å². The van der Waals surface area contributed by atoms with Crippen LogP contribution in [0.4, 0.5) is 0 Å². The Bertz CT molecular complexity index is 379. The summed E-state index contributed by atoms with van der Waals surface area (Å²) in [6.45, 7) is 8.40. The molecule has 0 N–H and O–H groups in total. The summed E-state index contributed by atoms with van der Waals surface area (Å²) in [7, 11) is 0. The van der Waals surface area contributed by atoms with Gasteiger partial charge in [0.25, 0.3) is 0 Å². The lowest BCUT2D eigenvalue weighted by Crippen LogP contribution is -2.37. The van der Waals surface area contributed by atoms with E-state index in [1.54, 1.807) is 6.92 Å². The van der Waals surface area contributed by atoms with Crippen molar-refractivity contribution >= 4 is 5.97 Å². The standard InChI is InChI=1S/C20H34O2/c1-16(2)19(21)22-15-20(3)14-10-6-9-13-18(20)17-11-7-4-5-8-12-17/h17-18H,1,4-15H2,2-3H3. The molecule has 0 aromatic heterocycles. The van der Waals surface area contributed by atoms with Crippen molar-refractivity contribution < 1.29 is 9.53 Å². The smallest absolute Gasteiger partial charge is 0.333 e. The summed E-state index contributed by atoms with van der Waals surface area (Å²) in [6.07, 6.45) is 14.9. The van der Waals surface area contributed by atoms with E-state index in [-0.39, 0.29) is 11.4 Å². The Morgan fingerprint density at radius 1 is 1.05 bits per heavy atom. The Hall–Kier alpha value is -0.790. The van der Waals surface area contributed by atoms with Crippen LogP contribution >= 0.6 is 0 Å². The van der Waals surface area contributed by atoms with Gasteiger partial charge in [-0.25, -0.2) is 4.79 Å². The maximum atomic E-state index is 11.8. The molecule has 2 heteroatoms. The van der Waals surface area contributed by atoms with Gasteiger partial charge in [0, 0.05) is 11.0 Å². The van der Waals surface area contributed by atoms with Gasteiger partial charge in [0.15, 0.2) is 0 Å².